The Kier molecular flexibility index (Phi) is 5.73. The number of hydrogen-bond donors (Lipinski definition) is 1. The Labute approximate surface area is 150 Å². The van der Waals surface area contributed by atoms with E-state index in [0.29, 0.717) is 5.02 Å². The fraction of sp³-hybridized carbons (Fsp3) is 0.667. The highest BCUT2D eigenvalue weighted by Crippen LogP contribution is 2.36. The third kappa shape index (κ3) is 3.73. The third-order valence-corrected chi connectivity index (χ3v) is 7.71. The molecule has 2 saturated carbocycles. The van der Waals surface area contributed by atoms with Crippen LogP contribution in [-0.4, -0.2) is 24.8 Å². The molecule has 0 aromatic heterocycles. The molecule has 2 fully saturated rings. The Balaban J connectivity index is 1.98. The molecular formula is C18H27ClN2O2S. The molecule has 2 N–H and O–H groups in total. The van der Waals surface area contributed by atoms with E-state index in [1.54, 1.807) is 12.1 Å². The number of nitrogens with two attached hydrogens (primary N) is 1. The first-order valence-corrected chi connectivity index (χ1v) is 10.9. The first-order valence-electron chi connectivity index (χ1n) is 9.09. The van der Waals surface area contributed by atoms with E-state index in [4.69, 9.17) is 17.3 Å². The second-order valence-corrected chi connectivity index (χ2v) is 9.35. The monoisotopic (exact) mass is 370 g/mol. The van der Waals surface area contributed by atoms with Crippen molar-refractivity contribution in [2.24, 2.45) is 0 Å². The van der Waals surface area contributed by atoms with Gasteiger partial charge in [0.2, 0.25) is 10.0 Å². The van der Waals surface area contributed by atoms with Gasteiger partial charge in [0.05, 0.1) is 5.69 Å². The number of nitrogen functional groups attached to an aromatic ring is 1. The number of sulfonamides is 1. The van der Waals surface area contributed by atoms with Gasteiger partial charge in [-0.15, -0.1) is 0 Å². The van der Waals surface area contributed by atoms with Gasteiger partial charge in [-0.1, -0.05) is 50.1 Å². The van der Waals surface area contributed by atoms with Gasteiger partial charge in [0, 0.05) is 17.1 Å². The lowest BCUT2D eigenvalue weighted by Gasteiger charge is -2.40. The first-order chi connectivity index (χ1) is 11.5. The SMILES string of the molecule is Nc1cc(Cl)ccc1S(=O)(=O)N(C1CCCCC1)C1CCCCC1. The van der Waals surface area contributed by atoms with Gasteiger partial charge < -0.3 is 5.73 Å². The molecule has 24 heavy (non-hydrogen) atoms. The Hall–Kier alpha value is -0.780. The van der Waals surface area contributed by atoms with Crippen LogP contribution in [0.2, 0.25) is 5.02 Å². The van der Waals surface area contributed by atoms with Crippen molar-refractivity contribution in [3.05, 3.63) is 23.2 Å². The van der Waals surface area contributed by atoms with Crippen LogP contribution >= 0.6 is 11.6 Å². The van der Waals surface area contributed by atoms with Crippen LogP contribution < -0.4 is 5.73 Å². The molecular weight excluding hydrogens is 344 g/mol. The first kappa shape index (κ1) is 18.0. The molecule has 6 heteroatoms. The highest BCUT2D eigenvalue weighted by atomic mass is 35.5. The van der Waals surface area contributed by atoms with E-state index < -0.39 is 10.0 Å². The standard InChI is InChI=1S/C18H27ClN2O2S/c19-14-11-12-18(17(20)13-14)24(22,23)21(15-7-3-1-4-8-15)16-9-5-2-6-10-16/h11-13,15-16H,1-10,20H2. The molecule has 134 valence electrons. The van der Waals surface area contributed by atoms with Crippen LogP contribution in [0.4, 0.5) is 5.69 Å². The summed E-state index contributed by atoms with van der Waals surface area (Å²) in [4.78, 5) is 0.211. The summed E-state index contributed by atoms with van der Waals surface area (Å²) in [5, 5.41) is 0.466. The lowest BCUT2D eigenvalue weighted by Crippen LogP contribution is -2.48. The number of rotatable bonds is 4. The fourth-order valence-electron chi connectivity index (χ4n) is 4.23. The van der Waals surface area contributed by atoms with E-state index in [-0.39, 0.29) is 22.7 Å². The highest BCUT2D eigenvalue weighted by Gasteiger charge is 2.38. The van der Waals surface area contributed by atoms with E-state index in [9.17, 15) is 8.42 Å². The Morgan fingerprint density at radius 2 is 1.42 bits per heavy atom. The predicted molar refractivity (Wildman–Crippen MR) is 98.6 cm³/mol. The molecule has 1 aromatic rings. The smallest absolute Gasteiger partial charge is 0.245 e. The lowest BCUT2D eigenvalue weighted by atomic mass is 9.91. The van der Waals surface area contributed by atoms with Crippen molar-refractivity contribution in [3.63, 3.8) is 0 Å². The summed E-state index contributed by atoms with van der Waals surface area (Å²) < 4.78 is 28.8. The number of halogens is 1. The maximum atomic E-state index is 13.5. The van der Waals surface area contributed by atoms with E-state index >= 15 is 0 Å². The van der Waals surface area contributed by atoms with Crippen molar-refractivity contribution >= 4 is 27.3 Å². The van der Waals surface area contributed by atoms with Crippen molar-refractivity contribution in [2.75, 3.05) is 5.73 Å². The summed E-state index contributed by atoms with van der Waals surface area (Å²) in [5.41, 5.74) is 6.26. The van der Waals surface area contributed by atoms with Gasteiger partial charge in [-0.25, -0.2) is 8.42 Å². The van der Waals surface area contributed by atoms with E-state index in [1.165, 1.54) is 18.9 Å². The maximum Gasteiger partial charge on any atom is 0.245 e. The van der Waals surface area contributed by atoms with E-state index in [0.717, 1.165) is 51.4 Å². The minimum absolute atomic E-state index is 0.113. The summed E-state index contributed by atoms with van der Waals surface area (Å²) >= 11 is 5.96. The molecule has 3 rings (SSSR count). The largest absolute Gasteiger partial charge is 0.398 e. The Morgan fingerprint density at radius 3 is 1.88 bits per heavy atom. The molecule has 0 heterocycles. The number of hydrogen-bond acceptors (Lipinski definition) is 3. The Morgan fingerprint density at radius 1 is 0.917 bits per heavy atom. The zero-order valence-electron chi connectivity index (χ0n) is 14.1. The summed E-state index contributed by atoms with van der Waals surface area (Å²) in [6, 6.07) is 4.94. The molecule has 2 aliphatic carbocycles. The zero-order chi connectivity index (χ0) is 17.2. The van der Waals surface area contributed by atoms with Gasteiger partial charge in [0.15, 0.2) is 0 Å². The van der Waals surface area contributed by atoms with Gasteiger partial charge in [0.25, 0.3) is 0 Å². The maximum absolute atomic E-state index is 13.5. The van der Waals surface area contributed by atoms with Gasteiger partial charge in [-0.3, -0.25) is 0 Å². The minimum atomic E-state index is -3.60. The van der Waals surface area contributed by atoms with Crippen LogP contribution in [0, 0.1) is 0 Å². The van der Waals surface area contributed by atoms with Crippen molar-refractivity contribution in [2.45, 2.75) is 81.2 Å². The summed E-state index contributed by atoms with van der Waals surface area (Å²) in [6.45, 7) is 0. The Bertz CT molecular complexity index is 648. The lowest BCUT2D eigenvalue weighted by molar-refractivity contribution is 0.170. The molecule has 4 nitrogen and oxygen atoms in total. The summed E-state index contributed by atoms with van der Waals surface area (Å²) in [7, 11) is -3.60. The van der Waals surface area contributed by atoms with Gasteiger partial charge in [-0.2, -0.15) is 4.31 Å². The normalized spacial score (nSPS) is 21.2. The molecule has 0 bridgehead atoms. The molecule has 0 radical (unpaired) electrons. The molecule has 0 amide bonds. The molecule has 0 unspecified atom stereocenters. The van der Waals surface area contributed by atoms with Gasteiger partial charge >= 0.3 is 0 Å². The van der Waals surface area contributed by atoms with Crippen LogP contribution in [0.1, 0.15) is 64.2 Å². The van der Waals surface area contributed by atoms with Gasteiger partial charge in [0.1, 0.15) is 4.90 Å². The fourth-order valence-corrected chi connectivity index (χ4v) is 6.44. The van der Waals surface area contributed by atoms with Crippen LogP contribution in [0.5, 0.6) is 0 Å². The third-order valence-electron chi connectivity index (χ3n) is 5.40. The van der Waals surface area contributed by atoms with Crippen LogP contribution in [-0.2, 0) is 10.0 Å². The van der Waals surface area contributed by atoms with E-state index in [1.807, 2.05) is 4.31 Å². The predicted octanol–water partition coefficient (Wildman–Crippen LogP) is 4.58. The number of nitrogens with zero attached hydrogens (tertiary/aromatic N) is 1. The quantitative estimate of drug-likeness (QED) is 0.789. The zero-order valence-corrected chi connectivity index (χ0v) is 15.7. The average molecular weight is 371 g/mol. The summed E-state index contributed by atoms with van der Waals surface area (Å²) in [5.74, 6) is 0. The molecule has 0 spiro atoms. The minimum Gasteiger partial charge on any atom is -0.398 e. The van der Waals surface area contributed by atoms with E-state index in [2.05, 4.69) is 0 Å². The van der Waals surface area contributed by atoms with Crippen molar-refractivity contribution < 1.29 is 8.42 Å². The molecule has 0 atom stereocenters. The van der Waals surface area contributed by atoms with Crippen molar-refractivity contribution in [1.29, 1.82) is 0 Å². The van der Waals surface area contributed by atoms with Gasteiger partial charge in [-0.05, 0) is 43.9 Å². The number of benzene rings is 1. The molecule has 0 aliphatic heterocycles. The van der Waals surface area contributed by atoms with Crippen LogP contribution in [0.3, 0.4) is 0 Å². The molecule has 1 aromatic carbocycles. The topological polar surface area (TPSA) is 63.4 Å². The average Bonchev–Trinajstić information content (AvgIpc) is 2.56. The second kappa shape index (κ2) is 7.63. The second-order valence-electron chi connectivity index (χ2n) is 7.10. The van der Waals surface area contributed by atoms with Crippen molar-refractivity contribution in [3.8, 4) is 0 Å². The molecule has 2 aliphatic rings. The summed E-state index contributed by atoms with van der Waals surface area (Å²) in [6.07, 6.45) is 10.7. The van der Waals surface area contributed by atoms with Crippen LogP contribution in [0.15, 0.2) is 23.1 Å². The number of anilines is 1. The van der Waals surface area contributed by atoms with Crippen molar-refractivity contribution in [1.82, 2.24) is 4.31 Å². The highest BCUT2D eigenvalue weighted by molar-refractivity contribution is 7.89. The van der Waals surface area contributed by atoms with Crippen LogP contribution in [0.25, 0.3) is 0 Å². The molecule has 0 saturated heterocycles.